The van der Waals surface area contributed by atoms with E-state index in [9.17, 15) is 44.1 Å². The largest absolute Gasteiger partial charge is 0.508 e. The molecule has 3 aliphatic heterocycles. The van der Waals surface area contributed by atoms with Crippen molar-refractivity contribution in [3.8, 4) is 17.1 Å². The minimum absolute atomic E-state index is 0.00729. The maximum Gasteiger partial charge on any atom is 0.329 e. The molecule has 1 aliphatic carbocycles. The van der Waals surface area contributed by atoms with Gasteiger partial charge in [0.2, 0.25) is 17.6 Å². The van der Waals surface area contributed by atoms with Gasteiger partial charge in [0, 0.05) is 127 Å². The summed E-state index contributed by atoms with van der Waals surface area (Å²) in [5.41, 5.74) is 10.9. The number of piperidine rings is 1. The number of aliphatic hydroxyl groups excluding tert-OH is 1. The Morgan fingerprint density at radius 2 is 1.45 bits per heavy atom. The molecule has 3 amide bonds. The number of nitrogen functional groups attached to an aromatic ring is 1. The summed E-state index contributed by atoms with van der Waals surface area (Å²) in [6.07, 6.45) is 20.1. The highest BCUT2D eigenvalue weighted by Crippen LogP contribution is 2.41. The first-order valence-electron chi connectivity index (χ1n) is 47.3. The van der Waals surface area contributed by atoms with Crippen LogP contribution in [0.4, 0.5) is 5.82 Å². The summed E-state index contributed by atoms with van der Waals surface area (Å²) >= 11 is 0. The number of aliphatic hydroxyl groups is 2. The summed E-state index contributed by atoms with van der Waals surface area (Å²) in [6, 6.07) is 5.69. The number of aromatic hydroxyl groups is 1. The molecule has 3 fully saturated rings. The summed E-state index contributed by atoms with van der Waals surface area (Å²) in [6.45, 7) is 24.3. The molecule has 2 bridgehead atoms. The number of amides is 3. The number of ketones is 3. The molecular formula is C97H147N13O22. The number of oxime groups is 1. The van der Waals surface area contributed by atoms with Gasteiger partial charge in [-0.2, -0.15) is 5.10 Å². The summed E-state index contributed by atoms with van der Waals surface area (Å²) < 4.78 is 68.3. The highest BCUT2D eigenvalue weighted by atomic mass is 16.7. The minimum atomic E-state index is -2.47. The van der Waals surface area contributed by atoms with Crippen molar-refractivity contribution >= 4 is 74.5 Å². The van der Waals surface area contributed by atoms with Crippen molar-refractivity contribution in [3.63, 3.8) is 0 Å². The fourth-order valence-corrected chi connectivity index (χ4v) is 17.4. The second-order valence-corrected chi connectivity index (χ2v) is 36.7. The Kier molecular flexibility index (Phi) is 44.0. The lowest BCUT2D eigenvalue weighted by molar-refractivity contribution is -0.265. The average Bonchev–Trinajstić information content (AvgIpc) is 1.58. The van der Waals surface area contributed by atoms with Crippen LogP contribution < -0.4 is 16.4 Å². The Labute approximate surface area is 776 Å². The lowest BCUT2D eigenvalue weighted by Gasteiger charge is -2.42. The molecule has 132 heavy (non-hydrogen) atoms. The predicted octanol–water partition coefficient (Wildman–Crippen LogP) is 11.1. The van der Waals surface area contributed by atoms with Crippen LogP contribution in [0, 0.1) is 35.5 Å². The van der Waals surface area contributed by atoms with Gasteiger partial charge in [-0.05, 0) is 184 Å². The minimum Gasteiger partial charge on any atom is -0.508 e. The third-order valence-electron chi connectivity index (χ3n) is 25.0. The molecule has 2 saturated heterocycles. The Morgan fingerprint density at radius 3 is 2.17 bits per heavy atom. The summed E-state index contributed by atoms with van der Waals surface area (Å²) in [7, 11) is 4.68. The lowest BCUT2D eigenvalue weighted by Crippen LogP contribution is -2.61. The molecule has 7 heterocycles. The molecule has 0 spiro atoms. The number of aromatic nitrogens is 8. The number of unbranched alkanes of at least 4 members (excludes halogenated alkanes) is 1. The Bertz CT molecular complexity index is 4630. The molecule has 4 aromatic heterocycles. The van der Waals surface area contributed by atoms with Crippen LogP contribution in [0.1, 0.15) is 209 Å². The first-order chi connectivity index (χ1) is 63.4. The molecule has 0 unspecified atom stereocenters. The lowest BCUT2D eigenvalue weighted by atomic mass is 9.77. The maximum absolute atomic E-state index is 15.2. The number of allylic oxidation sites excluding steroid dienone is 6. The molecule has 8 N–H and O–H groups in total. The number of nitrogens with two attached hydrogens (primary N) is 1. The monoisotopic (exact) mass is 1850 g/mol. The van der Waals surface area contributed by atoms with Crippen molar-refractivity contribution < 1.29 is 106 Å². The van der Waals surface area contributed by atoms with Crippen LogP contribution in [-0.2, 0) is 103 Å². The van der Waals surface area contributed by atoms with E-state index in [-0.39, 0.29) is 97.9 Å². The van der Waals surface area contributed by atoms with Crippen molar-refractivity contribution in [3.05, 3.63) is 90.1 Å². The predicted molar refractivity (Wildman–Crippen MR) is 497 cm³/mol. The van der Waals surface area contributed by atoms with Gasteiger partial charge in [-0.3, -0.25) is 28.8 Å². The van der Waals surface area contributed by atoms with Crippen molar-refractivity contribution in [1.82, 2.24) is 55.3 Å². The molecule has 9 rings (SSSR count). The van der Waals surface area contributed by atoms with Crippen LogP contribution in [-0.4, -0.2) is 281 Å². The molecule has 5 aromatic rings. The van der Waals surface area contributed by atoms with E-state index >= 15 is 4.79 Å². The van der Waals surface area contributed by atoms with Gasteiger partial charge < -0.3 is 98.5 Å². The van der Waals surface area contributed by atoms with Gasteiger partial charge in [-0.25, -0.2) is 24.1 Å². The molecule has 0 radical (unpaired) electrons. The zero-order valence-electron chi connectivity index (χ0n) is 79.9. The Morgan fingerprint density at radius 1 is 0.750 bits per heavy atom. The number of phenols is 1. The number of hydrogen-bond acceptors (Lipinski definition) is 29. The molecule has 1 saturated carbocycles. The van der Waals surface area contributed by atoms with E-state index in [2.05, 4.69) is 35.9 Å². The van der Waals surface area contributed by atoms with Crippen molar-refractivity contribution in [1.29, 1.82) is 0 Å². The second kappa shape index (κ2) is 54.4. The van der Waals surface area contributed by atoms with Crippen LogP contribution >= 0.6 is 0 Å². The van der Waals surface area contributed by atoms with Gasteiger partial charge in [0.15, 0.2) is 11.4 Å². The number of fused-ring (bicyclic) bond motifs is 5. The Hall–Kier alpha value is -9.11. The number of rotatable bonds is 43. The maximum atomic E-state index is 15.2. The highest BCUT2D eigenvalue weighted by Gasteiger charge is 2.53. The zero-order valence-corrected chi connectivity index (χ0v) is 79.9. The number of nitrogens with zero attached hydrogens (tertiary/aromatic N) is 9. The first kappa shape index (κ1) is 107. The molecular weight excluding hydrogens is 1700 g/mol. The standard InChI is InChI=1S/C97H147N13O22/c1-63-23-15-14-16-24-64(2)81(121-11)59-75-32-29-69(7)97(120,131-75)91(117)94(118)108-39-19-17-27-80(108)95(119)130-82(60-77(106-132-96(8,9)10)65(3)54-68(6)89(116)90(123-13)88(115)67(5)53-63)66(4)55-70-30-34-79(83(56-70)122-12)110-61-72(104-107-110)25-21-28-84(113)100-38-44-127-48-52-129-50-46-125-42-35-73(111)26-22-41-124-45-49-128-51-47-126-43-36-85(114)99-37-18-20-40-109-93-86(92(98)101-62-102-93)87(105-109)78-58-71-57-74(112)31-33-76(71)103-78/h14-16,23-24,31,33,54,57-58,61-63,65-67,69-70,75,79-83,89-90,103,112,116,120H,17-22,25-30,32,34-53,55-56,59-60H2,1-13H3,(H,99,114)(H,100,113)(H2,98,101,102)/b16-14+,23-15+,64-24+,68-54+,106-77-/t63-,65-,66-,67-,69-,70+,75+,79+,80+,81+,82+,83-,89-,90+,97-/m1/s1. The normalized spacial score (nSPS) is 26.3. The quantitative estimate of drug-likeness (QED) is 0.00626. The molecule has 15 atom stereocenters. The first-order valence-corrected chi connectivity index (χ1v) is 47.3. The van der Waals surface area contributed by atoms with Crippen molar-refractivity contribution in [2.75, 3.05) is 126 Å². The van der Waals surface area contributed by atoms with E-state index in [1.165, 1.54) is 18.3 Å². The van der Waals surface area contributed by atoms with E-state index in [0.717, 1.165) is 47.1 Å². The Balaban J connectivity index is 0.636. The summed E-state index contributed by atoms with van der Waals surface area (Å²) in [5.74, 6) is -7.23. The molecule has 4 aliphatic rings. The highest BCUT2D eigenvalue weighted by molar-refractivity contribution is 6.39. The van der Waals surface area contributed by atoms with Crippen LogP contribution in [0.3, 0.4) is 0 Å². The number of phenolic OH excluding ortho intramolecular Hbond substituents is 1. The number of aryl methyl sites for hydroxylation is 2. The number of carbonyl (C=O) groups is 7. The number of aromatic amines is 1. The van der Waals surface area contributed by atoms with Gasteiger partial charge in [-0.1, -0.05) is 81.4 Å². The van der Waals surface area contributed by atoms with E-state index in [0.29, 0.717) is 216 Å². The van der Waals surface area contributed by atoms with Crippen molar-refractivity contribution in [2.45, 2.75) is 271 Å². The molecule has 732 valence electrons. The zero-order chi connectivity index (χ0) is 95.3. The number of ether oxygens (including phenoxy) is 11. The van der Waals surface area contributed by atoms with Gasteiger partial charge in [0.1, 0.15) is 59.3 Å². The van der Waals surface area contributed by atoms with Gasteiger partial charge in [0.05, 0.1) is 120 Å². The summed E-state index contributed by atoms with van der Waals surface area (Å²) in [4.78, 5) is 116. The van der Waals surface area contributed by atoms with Crippen LogP contribution in [0.2, 0.25) is 0 Å². The fraction of sp³-hybridized carbons (Fsp3) is 0.680. The molecule has 1 aromatic carbocycles. The number of esters is 1. The number of carbonyl (C=O) groups excluding carboxylic acids is 7. The third-order valence-corrected chi connectivity index (χ3v) is 25.0. The fourth-order valence-electron chi connectivity index (χ4n) is 17.4. The van der Waals surface area contributed by atoms with Gasteiger partial charge in [0.25, 0.3) is 11.7 Å². The van der Waals surface area contributed by atoms with Crippen LogP contribution in [0.25, 0.3) is 33.3 Å². The number of methoxy groups -OCH3 is 3. The molecule has 35 heteroatoms. The van der Waals surface area contributed by atoms with E-state index in [1.807, 2.05) is 109 Å². The number of Topliss-reactive ketones (excluding diaryl/α,β-unsaturated/α-hetero) is 3. The molecule has 35 nitrogen and oxygen atoms in total. The summed E-state index contributed by atoms with van der Waals surface area (Å²) in [5, 5.41) is 60.2. The topological polar surface area (TPSA) is 447 Å². The number of benzene rings is 1. The van der Waals surface area contributed by atoms with Crippen LogP contribution in [0.5, 0.6) is 5.75 Å². The van der Waals surface area contributed by atoms with Gasteiger partial charge >= 0.3 is 5.97 Å². The van der Waals surface area contributed by atoms with Crippen LogP contribution in [0.15, 0.2) is 89.5 Å². The third kappa shape index (κ3) is 33.2. The SMILES string of the molecule is CO[C@H]1C[C@@H]2CC[C@@H](C)[C@@](O)(O2)C(=O)C(=O)N2CCCC[C@H]2C(=O)O[C@H]([C@H](C)C[C@@H]2CC[C@H](n3cc(CCCC(=O)NCCOCCOCCOCCC(=O)CCCOCCOCCOCCC(=O)NCCCCn4nc(-c5cc6cc(O)ccc6[nH]5)c5c(N)ncnc54)nn3)[C@H](OC)C2)C/C(=N/OC(C)(C)C)[C@H](C)/C=C(\C)[C@@H](O)[C@@H](OC)C(=O)[C@H](C)C[C@H](C)/C=C/C=C/C=C/1C. The van der Waals surface area contributed by atoms with Crippen molar-refractivity contribution in [2.24, 2.45) is 40.7 Å². The average molecular weight is 1850 g/mol. The number of nitrogens with one attached hydrogen (secondary N) is 3. The van der Waals surface area contributed by atoms with Gasteiger partial charge in [-0.15, -0.1) is 5.10 Å². The second-order valence-electron chi connectivity index (χ2n) is 36.7. The number of cyclic esters (lactones) is 1. The number of hydrogen-bond donors (Lipinski definition) is 7. The number of H-pyrrole nitrogens is 1. The smallest absolute Gasteiger partial charge is 0.329 e. The van der Waals surface area contributed by atoms with E-state index < -0.39 is 83.4 Å². The van der Waals surface area contributed by atoms with E-state index in [1.54, 1.807) is 50.9 Å². The van der Waals surface area contributed by atoms with E-state index in [4.69, 9.17) is 72.9 Å². The number of anilines is 1.